The van der Waals surface area contributed by atoms with Crippen molar-refractivity contribution in [1.82, 2.24) is 81.1 Å². The molecule has 17 nitrogen and oxygen atoms in total. The SMILES string of the molecule is C.CC.CC.CC.CC.CC.CC.CC.CC.CC.CC.CC(C)(C)c1ccccc1.CC(C)(C)c1ccccn1.CC(C)(C)c1cccnc1.CC(C)(C)c1ccn[nH]1.CC(C)(C)c1ccncc1.CC(C)(C)c1cn[nH]c1.CC(C)(C)c1ncco1.CC(C)(C)c1nccs1.CC(C)(C)c1ncn[nH]1.CC(C)(C)c1nn[nH]n1. The van der Waals surface area contributed by atoms with Crippen LogP contribution in [0, 0.1) is 0 Å². The Morgan fingerprint density at radius 3 is 1.01 bits per heavy atom. The van der Waals surface area contributed by atoms with Crippen LogP contribution in [0.4, 0.5) is 0 Å². The summed E-state index contributed by atoms with van der Waals surface area (Å²) in [6.45, 7) is 104. The first-order valence-electron chi connectivity index (χ1n) is 42.2. The molecule has 18 heteroatoms. The van der Waals surface area contributed by atoms with Crippen molar-refractivity contribution in [3.8, 4) is 0 Å². The Morgan fingerprint density at radius 2 is 0.800 bits per heavy atom. The molecule has 0 aliphatic rings. The second-order valence-corrected chi connectivity index (χ2v) is 33.7. The fourth-order valence-corrected chi connectivity index (χ4v) is 7.70. The van der Waals surface area contributed by atoms with Crippen molar-refractivity contribution < 1.29 is 4.42 Å². The van der Waals surface area contributed by atoms with E-state index in [-0.39, 0.29) is 56.2 Å². The lowest BCUT2D eigenvalue weighted by molar-refractivity contribution is 0.392. The summed E-state index contributed by atoms with van der Waals surface area (Å²) in [5.41, 5.74) is 9.37. The van der Waals surface area contributed by atoms with Gasteiger partial charge in [-0.15, -0.1) is 21.5 Å². The Balaban J connectivity index is -0.000000113. The Kier molecular flexibility index (Phi) is 83.7. The minimum absolute atomic E-state index is 0. The van der Waals surface area contributed by atoms with Crippen LogP contribution < -0.4 is 0 Å². The molecule has 0 fully saturated rings. The maximum absolute atomic E-state index is 5.09. The number of tetrazole rings is 1. The maximum Gasteiger partial charge on any atom is 0.199 e. The number of thiazole rings is 1. The molecule has 10 rings (SSSR count). The number of hydrogen-bond acceptors (Lipinski definition) is 14. The summed E-state index contributed by atoms with van der Waals surface area (Å²) in [5.74, 6) is 2.48. The van der Waals surface area contributed by atoms with Crippen molar-refractivity contribution in [2.24, 2.45) is 0 Å². The molecule has 0 atom stereocenters. The summed E-state index contributed by atoms with van der Waals surface area (Å²) in [6, 6.07) is 26.8. The number of pyridine rings is 3. The number of oxazole rings is 1. The highest BCUT2D eigenvalue weighted by atomic mass is 32.1. The third-order valence-corrected chi connectivity index (χ3v) is 14.3. The van der Waals surface area contributed by atoms with E-state index in [1.807, 2.05) is 232 Å². The molecule has 4 N–H and O–H groups in total. The molecular weight excluding hydrogens is 1440 g/mol. The normalized spacial score (nSPS) is 10.1. The van der Waals surface area contributed by atoms with Crippen LogP contribution in [0.3, 0.4) is 0 Å². The summed E-state index contributed by atoms with van der Waals surface area (Å²) in [6.07, 6.45) is 21.4. The number of aromatic amines is 4. The average molecular weight is 1620 g/mol. The first-order valence-corrected chi connectivity index (χ1v) is 43.1. The number of aromatic nitrogens is 16. The zero-order chi connectivity index (χ0) is 91.9. The van der Waals surface area contributed by atoms with E-state index in [1.54, 1.807) is 36.2 Å². The lowest BCUT2D eigenvalue weighted by Gasteiger charge is -2.18. The van der Waals surface area contributed by atoms with Gasteiger partial charge in [-0.2, -0.15) is 20.5 Å². The van der Waals surface area contributed by atoms with Crippen molar-refractivity contribution >= 4 is 11.3 Å². The van der Waals surface area contributed by atoms with Crippen LogP contribution in [-0.2, 0) is 54.1 Å². The van der Waals surface area contributed by atoms with Crippen LogP contribution in [0.25, 0.3) is 0 Å². The summed E-state index contributed by atoms with van der Waals surface area (Å²) in [5, 5.41) is 36.8. The van der Waals surface area contributed by atoms with Crippen molar-refractivity contribution in [2.45, 2.75) is 408 Å². The van der Waals surface area contributed by atoms with Gasteiger partial charge in [0.1, 0.15) is 18.4 Å². The van der Waals surface area contributed by atoms with Gasteiger partial charge in [0, 0.05) is 98.8 Å². The van der Waals surface area contributed by atoms with Gasteiger partial charge in [-0.1, -0.05) is 401 Å². The van der Waals surface area contributed by atoms with E-state index in [4.69, 9.17) is 4.42 Å². The molecule has 664 valence electrons. The van der Waals surface area contributed by atoms with Gasteiger partial charge in [0.25, 0.3) is 0 Å². The van der Waals surface area contributed by atoms with Gasteiger partial charge in [-0.3, -0.25) is 30.2 Å². The fourth-order valence-electron chi connectivity index (χ4n) is 6.97. The van der Waals surface area contributed by atoms with Crippen molar-refractivity contribution in [2.75, 3.05) is 0 Å². The van der Waals surface area contributed by atoms with Gasteiger partial charge < -0.3 is 4.42 Å². The summed E-state index contributed by atoms with van der Waals surface area (Å²) >= 11 is 1.72. The molecular formula is C97H184N16OS. The zero-order valence-electron chi connectivity index (χ0n) is 83.2. The third kappa shape index (κ3) is 72.3. The molecule has 10 aromatic rings. The smallest absolute Gasteiger partial charge is 0.199 e. The minimum atomic E-state index is 0. The quantitative estimate of drug-likeness (QED) is 0.111. The van der Waals surface area contributed by atoms with E-state index in [0.29, 0.717) is 5.41 Å². The highest BCUT2D eigenvalue weighted by molar-refractivity contribution is 7.09. The van der Waals surface area contributed by atoms with Gasteiger partial charge in [0.15, 0.2) is 11.7 Å². The Labute approximate surface area is 715 Å². The molecule has 0 aliphatic carbocycles. The van der Waals surface area contributed by atoms with Gasteiger partial charge >= 0.3 is 0 Å². The largest absolute Gasteiger partial charge is 0.448 e. The first kappa shape index (κ1) is 131. The lowest BCUT2D eigenvalue weighted by atomic mass is 9.87. The molecule has 9 heterocycles. The molecule has 1 aromatic carbocycles. The van der Waals surface area contributed by atoms with E-state index in [1.165, 1.54) is 39.3 Å². The summed E-state index contributed by atoms with van der Waals surface area (Å²) in [7, 11) is 0. The molecule has 115 heavy (non-hydrogen) atoms. The molecule has 0 radical (unpaired) electrons. The summed E-state index contributed by atoms with van der Waals surface area (Å²) < 4.78 is 5.09. The van der Waals surface area contributed by atoms with Crippen molar-refractivity contribution in [3.63, 3.8) is 0 Å². The molecule has 0 bridgehead atoms. The van der Waals surface area contributed by atoms with E-state index in [0.717, 1.165) is 23.2 Å². The Morgan fingerprint density at radius 1 is 0.330 bits per heavy atom. The number of nitrogens with one attached hydrogen (secondary N) is 4. The van der Waals surface area contributed by atoms with Crippen LogP contribution >= 0.6 is 11.3 Å². The van der Waals surface area contributed by atoms with E-state index in [9.17, 15) is 0 Å². The fraction of sp³-hybridized carbons (Fsp3) is 0.629. The van der Waals surface area contributed by atoms with E-state index in [2.05, 4.69) is 323 Å². The standard InChI is InChI=1S/C10H14.3C9H13N.2C7H12N2.C7H11NO.C7H11NS.C6H11N3.C5H10N4.10C2H6.CH4/c1-10(2,3)9-7-5-4-6-8-9;1-9(2,3)8-4-6-10-7-5-8;1-9(2,3)8-5-4-6-10-7-8;1-9(2,3)8-6-4-5-7-10-8;1-7(2,3)6-4-8-9-5-6;1-7(2,3)6-4-5-8-9-6;2*1-7(2,3)6-8-4-5-9-6;1-6(2,3)5-7-4-8-9-5;1-5(2,3)4-6-8-9-7-4;10*1-2;/h4-8H,1-3H3;3*4-7H,1-3H3;2*4-5H,1-3H3,(H,8,9);2*4-5H,1-3H3;4H,1-3H3,(H,7,8,9);1-3H3,(H,6,7,8,9);10*1-2H3;1H4. The van der Waals surface area contributed by atoms with E-state index < -0.39 is 0 Å². The molecule has 0 aliphatic heterocycles. The lowest BCUT2D eigenvalue weighted by Crippen LogP contribution is -2.13. The predicted octanol–water partition coefficient (Wildman–Crippen LogP) is 30.4. The van der Waals surface area contributed by atoms with Crippen LogP contribution in [0.2, 0.25) is 0 Å². The summed E-state index contributed by atoms with van der Waals surface area (Å²) in [4.78, 5) is 24.5. The van der Waals surface area contributed by atoms with Gasteiger partial charge in [0.05, 0.1) is 17.4 Å². The first-order chi connectivity index (χ1) is 53.1. The third-order valence-electron chi connectivity index (χ3n) is 13.1. The number of benzene rings is 1. The molecule has 9 aromatic heterocycles. The molecule has 0 saturated carbocycles. The number of H-pyrrole nitrogens is 4. The number of nitrogens with zero attached hydrogens (tertiary/aromatic N) is 12. The van der Waals surface area contributed by atoms with E-state index >= 15 is 0 Å². The molecule has 0 amide bonds. The highest BCUT2D eigenvalue weighted by Crippen LogP contribution is 2.26. The second-order valence-electron chi connectivity index (χ2n) is 32.8. The molecule has 0 saturated heterocycles. The van der Waals surface area contributed by atoms with Crippen LogP contribution in [0.15, 0.2) is 163 Å². The van der Waals surface area contributed by atoms with Gasteiger partial charge in [-0.05, 0) is 80.3 Å². The van der Waals surface area contributed by atoms with Gasteiger partial charge in [0.2, 0.25) is 0 Å². The number of rotatable bonds is 0. The van der Waals surface area contributed by atoms with Crippen molar-refractivity contribution in [1.29, 1.82) is 0 Å². The molecule has 0 unspecified atom stereocenters. The van der Waals surface area contributed by atoms with Crippen LogP contribution in [0.1, 0.15) is 410 Å². The average Bonchev–Trinajstić information content (AvgIpc) is 1.85. The minimum Gasteiger partial charge on any atom is -0.448 e. The Bertz CT molecular complexity index is 2820. The van der Waals surface area contributed by atoms with Crippen LogP contribution in [-0.4, -0.2) is 81.1 Å². The maximum atomic E-state index is 5.09. The van der Waals surface area contributed by atoms with Crippen LogP contribution in [0.5, 0.6) is 0 Å². The molecule has 0 spiro atoms. The van der Waals surface area contributed by atoms with Gasteiger partial charge in [-0.25, -0.2) is 15.0 Å². The number of hydrogen-bond donors (Lipinski definition) is 4. The predicted molar refractivity (Wildman–Crippen MR) is 513 cm³/mol. The topological polar surface area (TPSA) is 231 Å². The Hall–Kier alpha value is -7.86. The highest BCUT2D eigenvalue weighted by Gasteiger charge is 2.21. The monoisotopic (exact) mass is 1620 g/mol. The zero-order valence-corrected chi connectivity index (χ0v) is 84.0. The van der Waals surface area contributed by atoms with Crippen molar-refractivity contribution in [3.05, 3.63) is 215 Å². The second kappa shape index (κ2) is 73.7.